The highest BCUT2D eigenvalue weighted by Crippen LogP contribution is 2.31. The number of likely N-dealkylation sites (tertiary alicyclic amines) is 1. The van der Waals surface area contributed by atoms with Crippen molar-refractivity contribution in [3.05, 3.63) is 63.0 Å². The fraction of sp³-hybridized carbons (Fsp3) is 0.391. The van der Waals surface area contributed by atoms with E-state index in [4.69, 9.17) is 16.1 Å². The van der Waals surface area contributed by atoms with Crippen molar-refractivity contribution in [1.29, 1.82) is 0 Å². The topological polar surface area (TPSA) is 58.4 Å². The number of thiophene rings is 1. The minimum Gasteiger partial charge on any atom is -0.360 e. The van der Waals surface area contributed by atoms with Crippen LogP contribution in [0.4, 0.5) is 0 Å². The highest BCUT2D eigenvalue weighted by Gasteiger charge is 2.26. The van der Waals surface area contributed by atoms with Crippen LogP contribution in [-0.2, 0) is 0 Å². The largest absolute Gasteiger partial charge is 0.360 e. The summed E-state index contributed by atoms with van der Waals surface area (Å²) in [6.45, 7) is 4.43. The molecule has 4 rings (SSSR count). The van der Waals surface area contributed by atoms with Crippen molar-refractivity contribution in [3.63, 3.8) is 0 Å². The SMILES string of the molecule is Cc1onc(-c2ccccc2Cl)c1C(=O)NCC(c1ccsc1)N1CCCCCC1.Cl. The van der Waals surface area contributed by atoms with Crippen LogP contribution >= 0.6 is 35.3 Å². The number of amides is 1. The molecule has 5 nitrogen and oxygen atoms in total. The number of carbonyl (C=O) groups is 1. The fourth-order valence-electron chi connectivity index (χ4n) is 4.08. The third-order valence-electron chi connectivity index (χ3n) is 5.68. The highest BCUT2D eigenvalue weighted by molar-refractivity contribution is 7.08. The molecular weight excluding hydrogens is 453 g/mol. The van der Waals surface area contributed by atoms with Gasteiger partial charge in [0, 0.05) is 12.1 Å². The Hall–Kier alpha value is -1.86. The zero-order valence-corrected chi connectivity index (χ0v) is 19.9. The molecular formula is C23H27Cl2N3O2S. The molecule has 3 aromatic rings. The van der Waals surface area contributed by atoms with Crippen molar-refractivity contribution in [2.24, 2.45) is 0 Å². The summed E-state index contributed by atoms with van der Waals surface area (Å²) in [5.41, 5.74) is 2.89. The van der Waals surface area contributed by atoms with Crippen molar-refractivity contribution in [2.75, 3.05) is 19.6 Å². The third-order valence-corrected chi connectivity index (χ3v) is 6.72. The van der Waals surface area contributed by atoms with E-state index < -0.39 is 0 Å². The molecule has 8 heteroatoms. The molecule has 1 unspecified atom stereocenters. The number of aromatic nitrogens is 1. The average molecular weight is 480 g/mol. The summed E-state index contributed by atoms with van der Waals surface area (Å²) in [6.07, 6.45) is 4.96. The highest BCUT2D eigenvalue weighted by atomic mass is 35.5. The van der Waals surface area contributed by atoms with Crippen LogP contribution in [0.2, 0.25) is 5.02 Å². The van der Waals surface area contributed by atoms with Gasteiger partial charge in [0.2, 0.25) is 0 Å². The molecule has 2 aromatic heterocycles. The first kappa shape index (κ1) is 23.8. The van der Waals surface area contributed by atoms with Gasteiger partial charge in [0.15, 0.2) is 0 Å². The third kappa shape index (κ3) is 5.50. The second kappa shape index (κ2) is 11.1. The van der Waals surface area contributed by atoms with Gasteiger partial charge in [0.25, 0.3) is 5.91 Å². The lowest BCUT2D eigenvalue weighted by Gasteiger charge is -2.30. The van der Waals surface area contributed by atoms with E-state index in [1.165, 1.54) is 31.2 Å². The molecule has 3 heterocycles. The number of carbonyl (C=O) groups excluding carboxylic acids is 1. The number of benzene rings is 1. The summed E-state index contributed by atoms with van der Waals surface area (Å²) >= 11 is 8.03. The van der Waals surface area contributed by atoms with Crippen molar-refractivity contribution in [2.45, 2.75) is 38.6 Å². The number of halogens is 2. The van der Waals surface area contributed by atoms with E-state index in [9.17, 15) is 4.79 Å². The maximum absolute atomic E-state index is 13.2. The Morgan fingerprint density at radius 3 is 2.65 bits per heavy atom. The zero-order valence-electron chi connectivity index (χ0n) is 17.5. The number of nitrogens with zero attached hydrogens (tertiary/aromatic N) is 2. The second-order valence-corrected chi connectivity index (χ2v) is 8.86. The van der Waals surface area contributed by atoms with E-state index in [1.54, 1.807) is 24.3 Å². The van der Waals surface area contributed by atoms with Crippen LogP contribution in [0.1, 0.15) is 53.4 Å². The molecule has 1 aliphatic rings. The molecule has 1 atom stereocenters. The van der Waals surface area contributed by atoms with Crippen LogP contribution < -0.4 is 5.32 Å². The Labute approximate surface area is 198 Å². The molecule has 1 amide bonds. The molecule has 0 radical (unpaired) electrons. The van der Waals surface area contributed by atoms with Gasteiger partial charge in [-0.3, -0.25) is 9.69 Å². The summed E-state index contributed by atoms with van der Waals surface area (Å²) in [7, 11) is 0. The summed E-state index contributed by atoms with van der Waals surface area (Å²) in [5.74, 6) is 0.308. The molecule has 1 fully saturated rings. The van der Waals surface area contributed by atoms with Gasteiger partial charge >= 0.3 is 0 Å². The minimum atomic E-state index is -0.182. The Morgan fingerprint density at radius 2 is 1.97 bits per heavy atom. The fourth-order valence-corrected chi connectivity index (χ4v) is 5.02. The molecule has 0 aliphatic carbocycles. The van der Waals surface area contributed by atoms with Gasteiger partial charge in [-0.2, -0.15) is 11.3 Å². The molecule has 166 valence electrons. The van der Waals surface area contributed by atoms with Gasteiger partial charge in [-0.15, -0.1) is 12.4 Å². The van der Waals surface area contributed by atoms with E-state index in [0.29, 0.717) is 34.1 Å². The van der Waals surface area contributed by atoms with Gasteiger partial charge in [-0.25, -0.2) is 0 Å². The Bertz CT molecular complexity index is 983. The predicted molar refractivity (Wildman–Crippen MR) is 128 cm³/mol. The number of aryl methyl sites for hydroxylation is 1. The summed E-state index contributed by atoms with van der Waals surface area (Å²) < 4.78 is 5.36. The summed E-state index contributed by atoms with van der Waals surface area (Å²) in [4.78, 5) is 15.7. The van der Waals surface area contributed by atoms with Crippen LogP contribution in [0, 0.1) is 6.92 Å². The first-order valence-corrected chi connectivity index (χ1v) is 11.7. The lowest BCUT2D eigenvalue weighted by Crippen LogP contribution is -2.38. The maximum Gasteiger partial charge on any atom is 0.257 e. The molecule has 0 spiro atoms. The number of rotatable bonds is 6. The zero-order chi connectivity index (χ0) is 20.9. The number of hydrogen-bond acceptors (Lipinski definition) is 5. The normalized spacial score (nSPS) is 15.7. The van der Waals surface area contributed by atoms with Gasteiger partial charge in [-0.05, 0) is 61.3 Å². The van der Waals surface area contributed by atoms with Crippen molar-refractivity contribution >= 4 is 41.3 Å². The van der Waals surface area contributed by atoms with Gasteiger partial charge < -0.3 is 9.84 Å². The van der Waals surface area contributed by atoms with Crippen LogP contribution in [0.3, 0.4) is 0 Å². The van der Waals surface area contributed by atoms with Crippen molar-refractivity contribution in [3.8, 4) is 11.3 Å². The van der Waals surface area contributed by atoms with Crippen LogP contribution in [0.15, 0.2) is 45.6 Å². The monoisotopic (exact) mass is 479 g/mol. The lowest BCUT2D eigenvalue weighted by atomic mass is 10.0. The molecule has 1 aliphatic heterocycles. The molecule has 1 saturated heterocycles. The number of hydrogen-bond donors (Lipinski definition) is 1. The molecule has 31 heavy (non-hydrogen) atoms. The van der Waals surface area contributed by atoms with Gasteiger partial charge in [0.1, 0.15) is 17.0 Å². The lowest BCUT2D eigenvalue weighted by molar-refractivity contribution is 0.0932. The Morgan fingerprint density at radius 1 is 1.23 bits per heavy atom. The van der Waals surface area contributed by atoms with Crippen molar-refractivity contribution in [1.82, 2.24) is 15.4 Å². The van der Waals surface area contributed by atoms with Crippen LogP contribution in [-0.4, -0.2) is 35.6 Å². The van der Waals surface area contributed by atoms with Crippen molar-refractivity contribution < 1.29 is 9.32 Å². The smallest absolute Gasteiger partial charge is 0.257 e. The number of nitrogens with one attached hydrogen (secondary N) is 1. The molecule has 1 aromatic carbocycles. The standard InChI is InChI=1S/C23H26ClN3O2S.ClH/c1-16-21(22(26-29-16)18-8-4-5-9-19(18)24)23(28)25-14-20(17-10-13-30-15-17)27-11-6-2-3-7-12-27;/h4-5,8-10,13,15,20H,2-3,6-7,11-12,14H2,1H3,(H,25,28);1H. The Balaban J connectivity index is 0.00000272. The molecule has 0 saturated carbocycles. The first-order valence-electron chi connectivity index (χ1n) is 10.4. The quantitative estimate of drug-likeness (QED) is 0.461. The van der Waals surface area contributed by atoms with E-state index in [0.717, 1.165) is 13.1 Å². The Kier molecular flexibility index (Phi) is 8.55. The van der Waals surface area contributed by atoms with E-state index >= 15 is 0 Å². The average Bonchev–Trinajstić information content (AvgIpc) is 3.32. The second-order valence-electron chi connectivity index (χ2n) is 7.67. The minimum absolute atomic E-state index is 0. The van der Waals surface area contributed by atoms with E-state index in [-0.39, 0.29) is 24.4 Å². The first-order chi connectivity index (χ1) is 14.6. The van der Waals surface area contributed by atoms with E-state index in [2.05, 4.69) is 32.2 Å². The molecule has 0 bridgehead atoms. The van der Waals surface area contributed by atoms with Gasteiger partial charge in [-0.1, -0.05) is 47.8 Å². The summed E-state index contributed by atoms with van der Waals surface area (Å²) in [6, 6.07) is 9.69. The van der Waals surface area contributed by atoms with Gasteiger partial charge in [0.05, 0.1) is 11.1 Å². The van der Waals surface area contributed by atoms with E-state index in [1.807, 2.05) is 18.2 Å². The van der Waals surface area contributed by atoms with Crippen LogP contribution in [0.5, 0.6) is 0 Å². The predicted octanol–water partition coefficient (Wildman–Crippen LogP) is 6.13. The summed E-state index contributed by atoms with van der Waals surface area (Å²) in [5, 5.41) is 12.1. The van der Waals surface area contributed by atoms with Crippen LogP contribution in [0.25, 0.3) is 11.3 Å². The molecule has 1 N–H and O–H groups in total. The maximum atomic E-state index is 13.2.